The summed E-state index contributed by atoms with van der Waals surface area (Å²) < 4.78 is 47.4. The molecule has 0 unspecified atom stereocenters. The minimum atomic E-state index is -3.62. The van der Waals surface area contributed by atoms with E-state index in [1.807, 2.05) is 6.92 Å². The molecule has 1 saturated heterocycles. The van der Waals surface area contributed by atoms with Crippen LogP contribution in [-0.4, -0.2) is 36.7 Å². The molecular weight excluding hydrogens is 489 g/mol. The van der Waals surface area contributed by atoms with Crippen LogP contribution in [0.1, 0.15) is 24.2 Å². The van der Waals surface area contributed by atoms with Gasteiger partial charge in [0.25, 0.3) is 0 Å². The van der Waals surface area contributed by atoms with Gasteiger partial charge in [0, 0.05) is 19.0 Å². The standard InChI is InChI=1S/C25H24FN3O4S2/c1-17-4-7-21(8-5-17)35(31,32)28-12-10-18(11-13-28)24(30)29(16-20-3-2-14-33-20)25-27-22-9-6-19(26)15-23(22)34-25/h2-9,14-15,18H,10-13,16H2,1H3. The predicted molar refractivity (Wildman–Crippen MR) is 132 cm³/mol. The Labute approximate surface area is 206 Å². The lowest BCUT2D eigenvalue weighted by Gasteiger charge is -2.32. The molecular formula is C25H24FN3O4S2. The Morgan fingerprint density at radius 2 is 1.91 bits per heavy atom. The SMILES string of the molecule is Cc1ccc(S(=O)(=O)N2CCC(C(=O)N(Cc3ccco3)c3nc4ccc(F)cc4s3)CC2)cc1. The van der Waals surface area contributed by atoms with Crippen molar-refractivity contribution in [1.82, 2.24) is 9.29 Å². The zero-order chi connectivity index (χ0) is 24.6. The van der Waals surface area contributed by atoms with E-state index in [0.29, 0.717) is 34.0 Å². The number of nitrogens with zero attached hydrogens (tertiary/aromatic N) is 3. The maximum atomic E-state index is 13.7. The Kier molecular flexibility index (Phi) is 6.43. The van der Waals surface area contributed by atoms with Gasteiger partial charge in [0.15, 0.2) is 5.13 Å². The van der Waals surface area contributed by atoms with E-state index in [9.17, 15) is 17.6 Å². The van der Waals surface area contributed by atoms with Crippen molar-refractivity contribution in [2.24, 2.45) is 5.92 Å². The van der Waals surface area contributed by atoms with Gasteiger partial charge in [-0.15, -0.1) is 0 Å². The van der Waals surface area contributed by atoms with E-state index in [1.165, 1.54) is 27.8 Å². The number of furan rings is 1. The molecule has 2 aromatic carbocycles. The molecule has 0 spiro atoms. The Bertz CT molecular complexity index is 1440. The highest BCUT2D eigenvalue weighted by Gasteiger charge is 2.35. The van der Waals surface area contributed by atoms with Gasteiger partial charge in [-0.3, -0.25) is 9.69 Å². The number of amides is 1. The molecule has 0 N–H and O–H groups in total. The summed E-state index contributed by atoms with van der Waals surface area (Å²) in [4.78, 5) is 20.0. The summed E-state index contributed by atoms with van der Waals surface area (Å²) in [5.41, 5.74) is 1.60. The number of fused-ring (bicyclic) bond motifs is 1. The first-order chi connectivity index (χ1) is 16.8. The van der Waals surface area contributed by atoms with Crippen molar-refractivity contribution in [2.75, 3.05) is 18.0 Å². The Hall–Kier alpha value is -3.08. The summed E-state index contributed by atoms with van der Waals surface area (Å²) in [5, 5.41) is 0.460. The molecule has 35 heavy (non-hydrogen) atoms. The van der Waals surface area contributed by atoms with Crippen LogP contribution < -0.4 is 4.90 Å². The highest BCUT2D eigenvalue weighted by Crippen LogP contribution is 2.33. The third-order valence-electron chi connectivity index (χ3n) is 6.19. The molecule has 7 nitrogen and oxygen atoms in total. The molecule has 1 amide bonds. The molecule has 0 aliphatic carbocycles. The average Bonchev–Trinajstić information content (AvgIpc) is 3.52. The maximum Gasteiger partial charge on any atom is 0.243 e. The summed E-state index contributed by atoms with van der Waals surface area (Å²) in [6.07, 6.45) is 2.34. The zero-order valence-electron chi connectivity index (χ0n) is 19.1. The van der Waals surface area contributed by atoms with E-state index in [4.69, 9.17) is 4.42 Å². The fraction of sp³-hybridized carbons (Fsp3) is 0.280. The minimum Gasteiger partial charge on any atom is -0.467 e. The molecule has 0 atom stereocenters. The first-order valence-corrected chi connectivity index (χ1v) is 13.5. The maximum absolute atomic E-state index is 13.7. The number of aromatic nitrogens is 1. The van der Waals surface area contributed by atoms with E-state index in [1.54, 1.807) is 53.6 Å². The Morgan fingerprint density at radius 1 is 1.17 bits per heavy atom. The number of piperidine rings is 1. The zero-order valence-corrected chi connectivity index (χ0v) is 20.7. The number of aryl methyl sites for hydroxylation is 1. The van der Waals surface area contributed by atoms with Crippen LogP contribution in [0.5, 0.6) is 0 Å². The number of carbonyl (C=O) groups excluding carboxylic acids is 1. The van der Waals surface area contributed by atoms with Crippen LogP contribution in [0.4, 0.5) is 9.52 Å². The smallest absolute Gasteiger partial charge is 0.243 e. The second-order valence-corrected chi connectivity index (χ2v) is 11.6. The molecule has 1 aliphatic rings. The van der Waals surface area contributed by atoms with Gasteiger partial charge in [-0.25, -0.2) is 17.8 Å². The van der Waals surface area contributed by atoms with Crippen molar-refractivity contribution in [3.63, 3.8) is 0 Å². The van der Waals surface area contributed by atoms with Crippen molar-refractivity contribution in [2.45, 2.75) is 31.2 Å². The van der Waals surface area contributed by atoms with Crippen molar-refractivity contribution < 1.29 is 22.0 Å². The summed E-state index contributed by atoms with van der Waals surface area (Å²) in [6, 6.07) is 14.7. The molecule has 1 fully saturated rings. The molecule has 4 aromatic rings. The van der Waals surface area contributed by atoms with Gasteiger partial charge < -0.3 is 4.42 Å². The number of carbonyl (C=O) groups is 1. The largest absolute Gasteiger partial charge is 0.467 e. The quantitative estimate of drug-likeness (QED) is 0.364. The van der Waals surface area contributed by atoms with Gasteiger partial charge >= 0.3 is 0 Å². The molecule has 0 bridgehead atoms. The van der Waals surface area contributed by atoms with Crippen LogP contribution in [0.3, 0.4) is 0 Å². The number of thiazole rings is 1. The number of rotatable bonds is 6. The molecule has 0 radical (unpaired) electrons. The monoisotopic (exact) mass is 513 g/mol. The Balaban J connectivity index is 1.35. The molecule has 10 heteroatoms. The second kappa shape index (κ2) is 9.52. The van der Waals surface area contributed by atoms with Crippen LogP contribution in [0, 0.1) is 18.7 Å². The first kappa shape index (κ1) is 23.7. The van der Waals surface area contributed by atoms with Crippen molar-refractivity contribution >= 4 is 42.6 Å². The lowest BCUT2D eigenvalue weighted by molar-refractivity contribution is -0.123. The summed E-state index contributed by atoms with van der Waals surface area (Å²) in [7, 11) is -3.62. The van der Waals surface area contributed by atoms with E-state index in [2.05, 4.69) is 4.98 Å². The van der Waals surface area contributed by atoms with Gasteiger partial charge in [-0.05, 0) is 62.2 Å². The molecule has 5 rings (SSSR count). The van der Waals surface area contributed by atoms with Crippen LogP contribution >= 0.6 is 11.3 Å². The number of sulfonamides is 1. The molecule has 0 saturated carbocycles. The summed E-state index contributed by atoms with van der Waals surface area (Å²) >= 11 is 1.24. The summed E-state index contributed by atoms with van der Waals surface area (Å²) in [6.45, 7) is 2.61. The van der Waals surface area contributed by atoms with Crippen LogP contribution in [0.15, 0.2) is 70.2 Å². The number of hydrogen-bond acceptors (Lipinski definition) is 6. The van der Waals surface area contributed by atoms with Crippen molar-refractivity contribution in [3.8, 4) is 0 Å². The average molecular weight is 514 g/mol. The number of anilines is 1. The summed E-state index contributed by atoms with van der Waals surface area (Å²) in [5.74, 6) is -0.270. The third kappa shape index (κ3) is 4.86. The fourth-order valence-electron chi connectivity index (χ4n) is 4.22. The van der Waals surface area contributed by atoms with Crippen molar-refractivity contribution in [1.29, 1.82) is 0 Å². The predicted octanol–water partition coefficient (Wildman–Crippen LogP) is 4.97. The minimum absolute atomic E-state index is 0.145. The van der Waals surface area contributed by atoms with Gasteiger partial charge in [-0.2, -0.15) is 4.31 Å². The van der Waals surface area contributed by atoms with Gasteiger partial charge in [0.05, 0.1) is 27.9 Å². The normalized spacial score (nSPS) is 15.5. The lowest BCUT2D eigenvalue weighted by Crippen LogP contribution is -2.44. The topological polar surface area (TPSA) is 83.7 Å². The van der Waals surface area contributed by atoms with Gasteiger partial charge in [0.1, 0.15) is 11.6 Å². The number of hydrogen-bond donors (Lipinski definition) is 0. The van der Waals surface area contributed by atoms with E-state index in [-0.39, 0.29) is 42.2 Å². The molecule has 3 heterocycles. The third-order valence-corrected chi connectivity index (χ3v) is 9.15. The van der Waals surface area contributed by atoms with Crippen LogP contribution in [0.2, 0.25) is 0 Å². The molecule has 2 aromatic heterocycles. The lowest BCUT2D eigenvalue weighted by atomic mass is 9.96. The highest BCUT2D eigenvalue weighted by molar-refractivity contribution is 7.89. The van der Waals surface area contributed by atoms with E-state index in [0.717, 1.165) is 5.56 Å². The van der Waals surface area contributed by atoms with E-state index < -0.39 is 10.0 Å². The fourth-order valence-corrected chi connectivity index (χ4v) is 6.69. The van der Waals surface area contributed by atoms with Gasteiger partial charge in [0.2, 0.25) is 15.9 Å². The van der Waals surface area contributed by atoms with E-state index >= 15 is 0 Å². The van der Waals surface area contributed by atoms with Crippen molar-refractivity contribution in [3.05, 3.63) is 78.0 Å². The van der Waals surface area contributed by atoms with Crippen LogP contribution in [0.25, 0.3) is 10.2 Å². The first-order valence-electron chi connectivity index (χ1n) is 11.3. The number of halogens is 1. The Morgan fingerprint density at radius 3 is 2.60 bits per heavy atom. The highest BCUT2D eigenvalue weighted by atomic mass is 32.2. The second-order valence-electron chi connectivity index (χ2n) is 8.60. The van der Waals surface area contributed by atoms with Gasteiger partial charge in [-0.1, -0.05) is 29.0 Å². The number of benzene rings is 2. The molecule has 182 valence electrons. The van der Waals surface area contributed by atoms with Crippen LogP contribution in [-0.2, 0) is 21.4 Å². The molecule has 1 aliphatic heterocycles.